The van der Waals surface area contributed by atoms with Crippen LogP contribution in [0.2, 0.25) is 5.02 Å². The summed E-state index contributed by atoms with van der Waals surface area (Å²) >= 11 is 6.46. The molecule has 0 saturated carbocycles. The number of rotatable bonds is 4. The van der Waals surface area contributed by atoms with E-state index in [1.165, 1.54) is 30.5 Å². The van der Waals surface area contributed by atoms with E-state index in [4.69, 9.17) is 17.3 Å². The Balaban J connectivity index is 2.09. The van der Waals surface area contributed by atoms with Gasteiger partial charge in [0.1, 0.15) is 0 Å². The Morgan fingerprint density at radius 3 is 2.71 bits per heavy atom. The van der Waals surface area contributed by atoms with Crippen LogP contribution in [0, 0.1) is 5.41 Å². The van der Waals surface area contributed by atoms with Crippen molar-refractivity contribution in [3.8, 4) is 0 Å². The van der Waals surface area contributed by atoms with E-state index in [1.807, 2.05) is 0 Å². The van der Waals surface area contributed by atoms with Crippen LogP contribution in [-0.2, 0) is 6.42 Å². The van der Waals surface area contributed by atoms with Crippen LogP contribution < -0.4 is 10.6 Å². The zero-order chi connectivity index (χ0) is 15.5. The summed E-state index contributed by atoms with van der Waals surface area (Å²) in [6.45, 7) is 9.12. The van der Waals surface area contributed by atoms with Crippen molar-refractivity contribution in [1.29, 1.82) is 0 Å². The Labute approximate surface area is 134 Å². The van der Waals surface area contributed by atoms with Gasteiger partial charge in [0.25, 0.3) is 0 Å². The predicted octanol–water partition coefficient (Wildman–Crippen LogP) is 4.64. The van der Waals surface area contributed by atoms with E-state index in [0.29, 0.717) is 5.41 Å². The fourth-order valence-electron chi connectivity index (χ4n) is 3.01. The van der Waals surface area contributed by atoms with Gasteiger partial charge in [0, 0.05) is 29.8 Å². The molecular weight excluding hydrogens is 280 g/mol. The van der Waals surface area contributed by atoms with Gasteiger partial charge in [-0.25, -0.2) is 0 Å². The van der Waals surface area contributed by atoms with E-state index < -0.39 is 0 Å². The maximum atomic E-state index is 6.46. The maximum Gasteiger partial charge on any atom is 0.0459 e. The molecule has 1 unspecified atom stereocenters. The van der Waals surface area contributed by atoms with E-state index in [2.05, 4.69) is 43.9 Å². The number of hydrogen-bond acceptors (Lipinski definition) is 2. The number of nitrogens with two attached hydrogens (primary N) is 1. The van der Waals surface area contributed by atoms with Crippen LogP contribution in [0.1, 0.15) is 52.0 Å². The Kier molecular flexibility index (Phi) is 5.56. The molecule has 1 aliphatic heterocycles. The molecular formula is C18H29ClN2. The van der Waals surface area contributed by atoms with Crippen molar-refractivity contribution in [3.63, 3.8) is 0 Å². The number of anilines is 1. The average Bonchev–Trinajstić information content (AvgIpc) is 2.62. The molecule has 2 rings (SSSR count). The molecule has 118 valence electrons. The van der Waals surface area contributed by atoms with Crippen molar-refractivity contribution in [2.45, 2.75) is 58.9 Å². The first-order valence-electron chi connectivity index (χ1n) is 8.20. The highest BCUT2D eigenvalue weighted by molar-refractivity contribution is 6.31. The second kappa shape index (κ2) is 7.02. The molecule has 0 aliphatic carbocycles. The van der Waals surface area contributed by atoms with Gasteiger partial charge in [-0.15, -0.1) is 0 Å². The highest BCUT2D eigenvalue weighted by Gasteiger charge is 2.23. The molecule has 2 nitrogen and oxygen atoms in total. The molecule has 1 aliphatic rings. The number of benzene rings is 1. The first-order chi connectivity index (χ1) is 9.91. The van der Waals surface area contributed by atoms with E-state index in [-0.39, 0.29) is 6.04 Å². The molecule has 0 aromatic heterocycles. The summed E-state index contributed by atoms with van der Waals surface area (Å²) in [6, 6.07) is 6.69. The average molecular weight is 309 g/mol. The summed E-state index contributed by atoms with van der Waals surface area (Å²) in [7, 11) is 0. The zero-order valence-electron chi connectivity index (χ0n) is 13.7. The molecule has 1 atom stereocenters. The predicted molar refractivity (Wildman–Crippen MR) is 93.3 cm³/mol. The minimum Gasteiger partial charge on any atom is -0.371 e. The first kappa shape index (κ1) is 16.6. The minimum atomic E-state index is 0.201. The SMILES string of the molecule is CCC(N)Cc1ccc(N2CCCC(C)(C)CC2)cc1Cl. The Morgan fingerprint density at radius 2 is 2.05 bits per heavy atom. The lowest BCUT2D eigenvalue weighted by Gasteiger charge is -2.25. The molecule has 1 aromatic rings. The zero-order valence-corrected chi connectivity index (χ0v) is 14.4. The topological polar surface area (TPSA) is 29.3 Å². The van der Waals surface area contributed by atoms with Gasteiger partial charge in [-0.2, -0.15) is 0 Å². The Bertz CT molecular complexity index is 470. The largest absolute Gasteiger partial charge is 0.371 e. The number of nitrogens with zero attached hydrogens (tertiary/aromatic N) is 1. The molecule has 1 fully saturated rings. The van der Waals surface area contributed by atoms with Gasteiger partial charge in [0.15, 0.2) is 0 Å². The normalized spacial score (nSPS) is 20.1. The summed E-state index contributed by atoms with van der Waals surface area (Å²) in [5, 5.41) is 0.861. The van der Waals surface area contributed by atoms with Crippen LogP contribution >= 0.6 is 11.6 Å². The van der Waals surface area contributed by atoms with Crippen molar-refractivity contribution < 1.29 is 0 Å². The maximum absolute atomic E-state index is 6.46. The third kappa shape index (κ3) is 4.62. The highest BCUT2D eigenvalue weighted by Crippen LogP contribution is 2.33. The summed E-state index contributed by atoms with van der Waals surface area (Å²) in [5.74, 6) is 0. The van der Waals surface area contributed by atoms with Crippen LogP contribution in [0.15, 0.2) is 18.2 Å². The summed E-state index contributed by atoms with van der Waals surface area (Å²) < 4.78 is 0. The van der Waals surface area contributed by atoms with Crippen LogP contribution in [0.3, 0.4) is 0 Å². The van der Waals surface area contributed by atoms with Gasteiger partial charge in [-0.05, 0) is 55.2 Å². The standard InChI is InChI=1S/C18H29ClN2/c1-4-15(20)12-14-6-7-16(13-17(14)19)21-10-5-8-18(2,3)9-11-21/h6-7,13,15H,4-5,8-12,20H2,1-3H3. The van der Waals surface area contributed by atoms with Gasteiger partial charge in [0.2, 0.25) is 0 Å². The van der Waals surface area contributed by atoms with Gasteiger partial charge >= 0.3 is 0 Å². The fraction of sp³-hybridized carbons (Fsp3) is 0.667. The van der Waals surface area contributed by atoms with Crippen LogP contribution in [-0.4, -0.2) is 19.1 Å². The van der Waals surface area contributed by atoms with Gasteiger partial charge in [0.05, 0.1) is 0 Å². The molecule has 2 N–H and O–H groups in total. The van der Waals surface area contributed by atoms with Crippen LogP contribution in [0.25, 0.3) is 0 Å². The summed E-state index contributed by atoms with van der Waals surface area (Å²) in [4.78, 5) is 2.48. The Hall–Kier alpha value is -0.730. The lowest BCUT2D eigenvalue weighted by Crippen LogP contribution is -2.25. The molecule has 3 heteroatoms. The van der Waals surface area contributed by atoms with Crippen molar-refractivity contribution in [2.24, 2.45) is 11.1 Å². The highest BCUT2D eigenvalue weighted by atomic mass is 35.5. The number of hydrogen-bond donors (Lipinski definition) is 1. The van der Waals surface area contributed by atoms with Crippen molar-refractivity contribution in [3.05, 3.63) is 28.8 Å². The third-order valence-electron chi connectivity index (χ3n) is 4.75. The van der Waals surface area contributed by atoms with Crippen molar-refractivity contribution in [2.75, 3.05) is 18.0 Å². The lowest BCUT2D eigenvalue weighted by molar-refractivity contribution is 0.325. The second-order valence-electron chi connectivity index (χ2n) is 7.15. The molecule has 21 heavy (non-hydrogen) atoms. The summed E-state index contributed by atoms with van der Waals surface area (Å²) in [6.07, 6.45) is 5.66. The van der Waals surface area contributed by atoms with Crippen LogP contribution in [0.5, 0.6) is 0 Å². The number of halogens is 1. The first-order valence-corrected chi connectivity index (χ1v) is 8.58. The third-order valence-corrected chi connectivity index (χ3v) is 5.10. The fourth-order valence-corrected chi connectivity index (χ4v) is 3.26. The Morgan fingerprint density at radius 1 is 1.29 bits per heavy atom. The van der Waals surface area contributed by atoms with Crippen molar-refractivity contribution in [1.82, 2.24) is 0 Å². The van der Waals surface area contributed by atoms with E-state index in [9.17, 15) is 0 Å². The molecule has 0 radical (unpaired) electrons. The monoisotopic (exact) mass is 308 g/mol. The van der Waals surface area contributed by atoms with Gasteiger partial charge < -0.3 is 10.6 Å². The van der Waals surface area contributed by atoms with Gasteiger partial charge in [-0.1, -0.05) is 38.4 Å². The smallest absolute Gasteiger partial charge is 0.0459 e. The van der Waals surface area contributed by atoms with E-state index >= 15 is 0 Å². The van der Waals surface area contributed by atoms with Gasteiger partial charge in [-0.3, -0.25) is 0 Å². The lowest BCUT2D eigenvalue weighted by atomic mass is 9.85. The van der Waals surface area contributed by atoms with Crippen molar-refractivity contribution >= 4 is 17.3 Å². The quantitative estimate of drug-likeness (QED) is 0.878. The van der Waals surface area contributed by atoms with E-state index in [1.54, 1.807) is 0 Å². The molecule has 1 heterocycles. The molecule has 1 saturated heterocycles. The van der Waals surface area contributed by atoms with Crippen LogP contribution in [0.4, 0.5) is 5.69 Å². The summed E-state index contributed by atoms with van der Waals surface area (Å²) in [5.41, 5.74) is 8.93. The molecule has 0 bridgehead atoms. The molecule has 1 aromatic carbocycles. The second-order valence-corrected chi connectivity index (χ2v) is 7.56. The van der Waals surface area contributed by atoms with E-state index in [0.717, 1.165) is 31.0 Å². The molecule has 0 spiro atoms. The minimum absolute atomic E-state index is 0.201. The molecule has 0 amide bonds.